The molecule has 4 heteroatoms. The third kappa shape index (κ3) is 2.09. The second kappa shape index (κ2) is 5.03. The summed E-state index contributed by atoms with van der Waals surface area (Å²) in [5, 5.41) is 7.70. The van der Waals surface area contributed by atoms with Gasteiger partial charge in [-0.2, -0.15) is 11.3 Å². The van der Waals surface area contributed by atoms with E-state index in [1.54, 1.807) is 11.3 Å². The number of thiophene rings is 1. The smallest absolute Gasteiger partial charge is 0.122 e. The predicted octanol–water partition coefficient (Wildman–Crippen LogP) is 3.75. The fourth-order valence-electron chi connectivity index (χ4n) is 2.39. The molecule has 94 valence electrons. The quantitative estimate of drug-likeness (QED) is 0.928. The predicted molar refractivity (Wildman–Crippen MR) is 78.6 cm³/mol. The maximum atomic E-state index is 5.55. The second-order valence-electron chi connectivity index (χ2n) is 4.36. The van der Waals surface area contributed by atoms with E-state index in [0.717, 1.165) is 18.8 Å². The largest absolute Gasteiger partial charge is 0.493 e. The summed E-state index contributed by atoms with van der Waals surface area (Å²) in [4.78, 5) is 0. The Hall–Kier alpha value is -0.840. The van der Waals surface area contributed by atoms with Gasteiger partial charge in [0.15, 0.2) is 0 Å². The molecule has 2 heterocycles. The fraction of sp³-hybridized carbons (Fsp3) is 0.286. The lowest BCUT2D eigenvalue weighted by molar-refractivity contribution is 0.357. The summed E-state index contributed by atoms with van der Waals surface area (Å²) in [6.45, 7) is 0.811. The van der Waals surface area contributed by atoms with Crippen LogP contribution in [0.3, 0.4) is 0 Å². The lowest BCUT2D eigenvalue weighted by Crippen LogP contribution is -2.17. The topological polar surface area (TPSA) is 21.3 Å². The molecule has 1 aromatic heterocycles. The van der Waals surface area contributed by atoms with Crippen molar-refractivity contribution < 1.29 is 4.74 Å². The van der Waals surface area contributed by atoms with Gasteiger partial charge < -0.3 is 10.1 Å². The summed E-state index contributed by atoms with van der Waals surface area (Å²) in [6.07, 6.45) is 1.02. The molecule has 0 amide bonds. The Morgan fingerprint density at radius 3 is 3.00 bits per heavy atom. The fourth-order valence-corrected chi connectivity index (χ4v) is 3.94. The minimum Gasteiger partial charge on any atom is -0.493 e. The van der Waals surface area contributed by atoms with Gasteiger partial charge in [0.1, 0.15) is 5.75 Å². The minimum absolute atomic E-state index is 0.233. The minimum atomic E-state index is 0.233. The molecule has 1 aliphatic heterocycles. The molecule has 3 rings (SSSR count). The molecule has 0 bridgehead atoms. The molecule has 0 fully saturated rings. The zero-order valence-electron chi connectivity index (χ0n) is 10.1. The van der Waals surface area contributed by atoms with E-state index >= 15 is 0 Å². The van der Waals surface area contributed by atoms with Crippen LogP contribution in [0.5, 0.6) is 5.75 Å². The number of rotatable bonds is 3. The first-order valence-corrected chi connectivity index (χ1v) is 7.67. The Bertz CT molecular complexity index is 567. The summed E-state index contributed by atoms with van der Waals surface area (Å²) >= 11 is 5.33. The maximum absolute atomic E-state index is 5.55. The number of halogens is 1. The molecular formula is C14H14BrNOS. The van der Waals surface area contributed by atoms with Crippen LogP contribution in [0.25, 0.3) is 0 Å². The molecule has 1 N–H and O–H groups in total. The van der Waals surface area contributed by atoms with Gasteiger partial charge in [0, 0.05) is 16.3 Å². The van der Waals surface area contributed by atoms with Gasteiger partial charge in [-0.05, 0) is 51.1 Å². The van der Waals surface area contributed by atoms with E-state index in [-0.39, 0.29) is 6.04 Å². The zero-order chi connectivity index (χ0) is 12.5. The average molecular weight is 324 g/mol. The highest BCUT2D eigenvalue weighted by Crippen LogP contribution is 2.34. The molecule has 18 heavy (non-hydrogen) atoms. The third-order valence-electron chi connectivity index (χ3n) is 3.29. The Morgan fingerprint density at radius 1 is 1.39 bits per heavy atom. The van der Waals surface area contributed by atoms with Gasteiger partial charge in [0.05, 0.1) is 12.6 Å². The van der Waals surface area contributed by atoms with Crippen LogP contribution >= 0.6 is 27.3 Å². The molecule has 0 spiro atoms. The first-order chi connectivity index (χ1) is 8.79. The summed E-state index contributed by atoms with van der Waals surface area (Å²) in [7, 11) is 2.00. The van der Waals surface area contributed by atoms with E-state index in [9.17, 15) is 0 Å². The lowest BCUT2D eigenvalue weighted by atomic mass is 9.98. The highest BCUT2D eigenvalue weighted by Gasteiger charge is 2.19. The molecule has 0 radical (unpaired) electrons. The van der Waals surface area contributed by atoms with Crippen molar-refractivity contribution in [1.29, 1.82) is 0 Å². The number of benzene rings is 1. The molecule has 1 aliphatic rings. The number of ether oxygens (including phenoxy) is 1. The van der Waals surface area contributed by atoms with Crippen LogP contribution in [0.15, 0.2) is 33.4 Å². The zero-order valence-corrected chi connectivity index (χ0v) is 12.5. The molecule has 0 saturated carbocycles. The second-order valence-corrected chi connectivity index (χ2v) is 5.96. The van der Waals surface area contributed by atoms with Gasteiger partial charge in [-0.3, -0.25) is 0 Å². The van der Waals surface area contributed by atoms with E-state index in [4.69, 9.17) is 4.74 Å². The molecule has 1 unspecified atom stereocenters. The van der Waals surface area contributed by atoms with Gasteiger partial charge in [0.25, 0.3) is 0 Å². The lowest BCUT2D eigenvalue weighted by Gasteiger charge is -2.17. The Morgan fingerprint density at radius 2 is 2.28 bits per heavy atom. The Balaban J connectivity index is 2.00. The molecule has 1 aromatic carbocycles. The van der Waals surface area contributed by atoms with Crippen LogP contribution in [-0.2, 0) is 6.42 Å². The average Bonchev–Trinajstić information content (AvgIpc) is 2.99. The SMILES string of the molecule is CNC(c1ccc2c(c1)CCO2)c1cscc1Br. The highest BCUT2D eigenvalue weighted by atomic mass is 79.9. The van der Waals surface area contributed by atoms with Crippen molar-refractivity contribution in [1.82, 2.24) is 5.32 Å². The van der Waals surface area contributed by atoms with Crippen molar-refractivity contribution in [3.05, 3.63) is 50.1 Å². The van der Waals surface area contributed by atoms with Crippen LogP contribution < -0.4 is 10.1 Å². The van der Waals surface area contributed by atoms with Crippen LogP contribution in [0.2, 0.25) is 0 Å². The van der Waals surface area contributed by atoms with Crippen LogP contribution in [0.4, 0.5) is 0 Å². The summed E-state index contributed by atoms with van der Waals surface area (Å²) in [6, 6.07) is 6.72. The molecule has 0 aliphatic carbocycles. The summed E-state index contributed by atoms with van der Waals surface area (Å²) < 4.78 is 6.72. The number of hydrogen-bond acceptors (Lipinski definition) is 3. The molecule has 2 aromatic rings. The van der Waals surface area contributed by atoms with Crippen molar-refractivity contribution in [3.63, 3.8) is 0 Å². The number of hydrogen-bond donors (Lipinski definition) is 1. The van der Waals surface area contributed by atoms with E-state index in [1.165, 1.54) is 21.2 Å². The van der Waals surface area contributed by atoms with Crippen molar-refractivity contribution in [2.24, 2.45) is 0 Å². The van der Waals surface area contributed by atoms with Gasteiger partial charge in [0.2, 0.25) is 0 Å². The Labute approximate surface area is 119 Å². The maximum Gasteiger partial charge on any atom is 0.122 e. The van der Waals surface area contributed by atoms with Crippen LogP contribution in [0, 0.1) is 0 Å². The highest BCUT2D eigenvalue weighted by molar-refractivity contribution is 9.10. The van der Waals surface area contributed by atoms with Crippen molar-refractivity contribution >= 4 is 27.3 Å². The Kier molecular flexibility index (Phi) is 3.41. The number of fused-ring (bicyclic) bond motifs is 1. The first kappa shape index (κ1) is 12.2. The standard InChI is InChI=1S/C14H14BrNOS/c1-16-14(11-7-18-8-12(11)15)10-2-3-13-9(6-10)4-5-17-13/h2-3,6-8,14,16H,4-5H2,1H3. The first-order valence-electron chi connectivity index (χ1n) is 5.94. The van der Waals surface area contributed by atoms with E-state index in [0.29, 0.717) is 0 Å². The molecule has 0 saturated heterocycles. The summed E-state index contributed by atoms with van der Waals surface area (Å²) in [5.41, 5.74) is 3.90. The van der Waals surface area contributed by atoms with Gasteiger partial charge in [-0.25, -0.2) is 0 Å². The molecule has 2 nitrogen and oxygen atoms in total. The van der Waals surface area contributed by atoms with E-state index < -0.39 is 0 Å². The van der Waals surface area contributed by atoms with Crippen LogP contribution in [0.1, 0.15) is 22.7 Å². The van der Waals surface area contributed by atoms with Gasteiger partial charge >= 0.3 is 0 Å². The van der Waals surface area contributed by atoms with Gasteiger partial charge in [-0.15, -0.1) is 0 Å². The monoisotopic (exact) mass is 323 g/mol. The normalized spacial score (nSPS) is 15.2. The van der Waals surface area contributed by atoms with Crippen LogP contribution in [-0.4, -0.2) is 13.7 Å². The van der Waals surface area contributed by atoms with E-state index in [1.807, 2.05) is 7.05 Å². The van der Waals surface area contributed by atoms with Crippen molar-refractivity contribution in [2.45, 2.75) is 12.5 Å². The summed E-state index contributed by atoms with van der Waals surface area (Å²) in [5.74, 6) is 1.04. The van der Waals surface area contributed by atoms with Crippen molar-refractivity contribution in [2.75, 3.05) is 13.7 Å². The van der Waals surface area contributed by atoms with E-state index in [2.05, 4.69) is 50.2 Å². The third-order valence-corrected chi connectivity index (χ3v) is 5.04. The number of nitrogens with one attached hydrogen (secondary N) is 1. The van der Waals surface area contributed by atoms with Crippen molar-refractivity contribution in [3.8, 4) is 5.75 Å². The van der Waals surface area contributed by atoms with Gasteiger partial charge in [-0.1, -0.05) is 12.1 Å². The molecule has 1 atom stereocenters. The molecular weight excluding hydrogens is 310 g/mol.